The molecule has 0 bridgehead atoms. The Hall–Kier alpha value is 2.51. The van der Waals surface area contributed by atoms with E-state index in [1.807, 2.05) is 0 Å². The van der Waals surface area contributed by atoms with Gasteiger partial charge in [0.05, 0.1) is 0 Å². The van der Waals surface area contributed by atoms with Gasteiger partial charge < -0.3 is 64.6 Å². The van der Waals surface area contributed by atoms with Crippen molar-refractivity contribution in [3.8, 4) is 0 Å². The summed E-state index contributed by atoms with van der Waals surface area (Å²) in [5.74, 6) is 0. The second-order valence-electron chi connectivity index (χ2n) is 4.44. The molecule has 1 atom stereocenters. The molecule has 0 spiro atoms. The lowest BCUT2D eigenvalue weighted by Crippen LogP contribution is -2.46. The van der Waals surface area contributed by atoms with Crippen LogP contribution in [0.25, 0.3) is 0 Å². The highest BCUT2D eigenvalue weighted by Crippen LogP contribution is 2.39. The van der Waals surface area contributed by atoms with Gasteiger partial charge in [-0.15, -0.1) is 0 Å². The molecule has 6 heteroatoms. The van der Waals surface area contributed by atoms with Crippen LogP contribution in [-0.2, 0) is 8.53 Å². The van der Waals surface area contributed by atoms with E-state index in [9.17, 15) is 0 Å². The van der Waals surface area contributed by atoms with Gasteiger partial charge in [-0.2, -0.15) is 4.74 Å². The molecule has 0 aromatic carbocycles. The summed E-state index contributed by atoms with van der Waals surface area (Å²) in [6.45, 7) is 6.38. The number of ether oxygens (including phenoxy) is 1. The number of halogens is 3. The molecular weight excluding hydrogens is 548 g/mol. The lowest BCUT2D eigenvalue weighted by atomic mass is 9.93. The normalized spacial score (nSPS) is 24.4. The van der Waals surface area contributed by atoms with Crippen molar-refractivity contribution in [2.75, 3.05) is 0 Å². The zero-order valence-corrected chi connectivity index (χ0v) is 16.9. The highest BCUT2D eigenvalue weighted by atomic mass is 127. The summed E-state index contributed by atoms with van der Waals surface area (Å²) in [5.41, 5.74) is -0.157. The largest absolute Gasteiger partial charge is 0.629 e. The molecule has 0 aromatic rings. The van der Waals surface area contributed by atoms with Crippen molar-refractivity contribution < 1.29 is 8.53 Å². The number of hydrogen-bond acceptors (Lipinski definition) is 2. The van der Waals surface area contributed by atoms with Gasteiger partial charge in [0.25, 0.3) is 0 Å². The van der Waals surface area contributed by atoms with Gasteiger partial charge in [-0.25, -0.2) is 0 Å². The predicted octanol–water partition coefficient (Wildman–Crippen LogP) is 4.64. The molecule has 15 heavy (non-hydrogen) atoms. The van der Waals surface area contributed by atoms with Crippen LogP contribution in [0.2, 0.25) is 0 Å². The third-order valence-corrected chi connectivity index (χ3v) is 5.71. The van der Waals surface area contributed by atoms with E-state index in [0.717, 1.165) is 18.9 Å². The fourth-order valence-electron chi connectivity index (χ4n) is 1.81. The van der Waals surface area contributed by atoms with Gasteiger partial charge in [0.2, 0.25) is 6.10 Å². The summed E-state index contributed by atoms with van der Waals surface area (Å²) < 4.78 is 10.3. The number of hydrogen-bond donors (Lipinski definition) is 0. The Kier molecular flexibility index (Phi) is 6.34. The van der Waals surface area contributed by atoms with Crippen LogP contribution in [-0.4, -0.2) is 15.3 Å². The van der Waals surface area contributed by atoms with Crippen LogP contribution in [0.15, 0.2) is 0 Å². The molecule has 1 saturated heterocycles. The van der Waals surface area contributed by atoms with Crippen LogP contribution in [0.3, 0.4) is 0 Å². The minimum atomic E-state index is -1.85. The summed E-state index contributed by atoms with van der Waals surface area (Å²) in [4.78, 5) is 0. The fraction of sp³-hybridized carbons (Fsp3) is 0.889. The summed E-state index contributed by atoms with van der Waals surface area (Å²) in [6, 6.07) is 0. The molecular formula is C9H16AlI3O2. The molecule has 1 fully saturated rings. The molecule has 1 unspecified atom stereocenters. The third kappa shape index (κ3) is 5.79. The topological polar surface area (TPSA) is 18.5 Å². The fourth-order valence-corrected chi connectivity index (χ4v) is 8.55. The molecule has 0 saturated carbocycles. The maximum atomic E-state index is 6.20. The van der Waals surface area contributed by atoms with E-state index >= 15 is 0 Å². The van der Waals surface area contributed by atoms with E-state index in [-0.39, 0.29) is 11.7 Å². The number of rotatable bonds is 3. The zero-order valence-electron chi connectivity index (χ0n) is 9.23. The lowest BCUT2D eigenvalue weighted by molar-refractivity contribution is -0.0866. The summed E-state index contributed by atoms with van der Waals surface area (Å²) >= 11 is 7.38. The molecule has 88 valence electrons. The highest BCUT2D eigenvalue weighted by molar-refractivity contribution is 14.4. The Balaban J connectivity index is 2.59. The van der Waals surface area contributed by atoms with Crippen molar-refractivity contribution >= 4 is 64.4 Å². The van der Waals surface area contributed by atoms with E-state index in [2.05, 4.69) is 81.6 Å². The minimum Gasteiger partial charge on any atom is -0.629 e. The van der Waals surface area contributed by atoms with Gasteiger partial charge in [-0.1, -0.05) is 0 Å². The first-order valence-corrected chi connectivity index (χ1v) is 18.1. The van der Waals surface area contributed by atoms with Crippen LogP contribution >= 0.6 is 60.8 Å². The van der Waals surface area contributed by atoms with Crippen LogP contribution < -0.4 is 0 Å². The van der Waals surface area contributed by atoms with Crippen molar-refractivity contribution in [2.45, 2.75) is 51.7 Å². The van der Waals surface area contributed by atoms with Crippen LogP contribution in [0.1, 0.15) is 40.0 Å². The Bertz CT molecular complexity index is 218. The molecule has 1 aliphatic heterocycles. The molecule has 1 aliphatic rings. The summed E-state index contributed by atoms with van der Waals surface area (Å²) in [6.07, 6.45) is 4.84. The summed E-state index contributed by atoms with van der Waals surface area (Å²) in [5, 5.41) is 0. The summed E-state index contributed by atoms with van der Waals surface area (Å²) in [7, 11) is 0. The second-order valence-corrected chi connectivity index (χ2v) is 42.9. The zero-order chi connectivity index (χ0) is 11.7. The Morgan fingerprint density at radius 2 is 2.00 bits per heavy atom. The first-order chi connectivity index (χ1) is 6.71. The second kappa shape index (κ2) is 6.10. The van der Waals surface area contributed by atoms with Crippen molar-refractivity contribution in [3.05, 3.63) is 6.10 Å². The van der Waals surface area contributed by atoms with E-state index in [1.165, 1.54) is 6.42 Å². The Labute approximate surface area is 129 Å². The van der Waals surface area contributed by atoms with Crippen molar-refractivity contribution in [1.82, 2.24) is 0 Å². The Morgan fingerprint density at radius 3 is 2.47 bits per heavy atom. The minimum absolute atomic E-state index is 0.157. The molecule has 0 amide bonds. The van der Waals surface area contributed by atoms with Crippen LogP contribution in [0, 0.1) is 6.10 Å². The molecule has 2 nitrogen and oxygen atoms in total. The molecule has 1 heterocycles. The third-order valence-electron chi connectivity index (χ3n) is 2.55. The van der Waals surface area contributed by atoms with Crippen molar-refractivity contribution in [2.24, 2.45) is 0 Å². The van der Waals surface area contributed by atoms with E-state index in [0.29, 0.717) is 0 Å². The molecule has 0 aromatic heterocycles. The first-order valence-electron chi connectivity index (χ1n) is 5.08. The van der Waals surface area contributed by atoms with Crippen LogP contribution in [0.5, 0.6) is 0 Å². The van der Waals surface area contributed by atoms with Crippen LogP contribution in [0.4, 0.5) is 0 Å². The van der Waals surface area contributed by atoms with Gasteiger partial charge in [-0.3, -0.25) is 0 Å². The maximum Gasteiger partial charge on any atom is 0.528 e. The van der Waals surface area contributed by atoms with Crippen molar-refractivity contribution in [3.63, 3.8) is 0 Å². The van der Waals surface area contributed by atoms with Gasteiger partial charge in [-0.05, 0) is 26.7 Å². The van der Waals surface area contributed by atoms with Gasteiger partial charge >= 0.3 is 3.56 Å². The SMILES string of the molecule is C[C+]1CCCC(C(C)(C)[O][Al-]([I])([I])[I])O1. The molecule has 0 aliphatic carbocycles. The van der Waals surface area contributed by atoms with Gasteiger partial charge in [0.1, 0.15) is 19.4 Å². The maximum absolute atomic E-state index is 6.20. The monoisotopic (exact) mass is 564 g/mol. The molecule has 1 rings (SSSR count). The van der Waals surface area contributed by atoms with E-state index in [4.69, 9.17) is 8.53 Å². The molecule has 0 radical (unpaired) electrons. The van der Waals surface area contributed by atoms with Crippen molar-refractivity contribution in [1.29, 1.82) is 0 Å². The quantitative estimate of drug-likeness (QED) is 0.283. The van der Waals surface area contributed by atoms with E-state index in [1.54, 1.807) is 0 Å². The standard InChI is InChI=1S/C9H16O2.Al.3HI/c1-7-5-4-6-8(11-7)9(2,3)10;;;;/h8H,4-6H2,1-3H3;;3*1H/q;+3;;;/p-3. The average Bonchev–Trinajstić information content (AvgIpc) is 1.99. The smallest absolute Gasteiger partial charge is 0.528 e. The lowest BCUT2D eigenvalue weighted by Gasteiger charge is -2.42. The first kappa shape index (κ1) is 15.6. The average molecular weight is 564 g/mol. The predicted molar refractivity (Wildman–Crippen MR) is 90.6 cm³/mol. The molecule has 0 N–H and O–H groups in total. The Morgan fingerprint density at radius 1 is 1.40 bits per heavy atom. The van der Waals surface area contributed by atoms with Gasteiger partial charge in [0, 0.05) is 5.60 Å². The van der Waals surface area contributed by atoms with Gasteiger partial charge in [0.15, 0.2) is 0 Å². The van der Waals surface area contributed by atoms with E-state index < -0.39 is 3.56 Å². The highest BCUT2D eigenvalue weighted by Gasteiger charge is 2.41.